The van der Waals surface area contributed by atoms with Crippen LogP contribution in [0.2, 0.25) is 0 Å². The van der Waals surface area contributed by atoms with Crippen molar-refractivity contribution in [3.63, 3.8) is 0 Å². The molecule has 0 N–H and O–H groups in total. The van der Waals surface area contributed by atoms with E-state index in [4.69, 9.17) is 5.10 Å². The van der Waals surface area contributed by atoms with Gasteiger partial charge in [0.25, 0.3) is 11.8 Å². The van der Waals surface area contributed by atoms with Crippen molar-refractivity contribution in [2.24, 2.45) is 0 Å². The Morgan fingerprint density at radius 1 is 0.933 bits per heavy atom. The van der Waals surface area contributed by atoms with Crippen molar-refractivity contribution >= 4 is 27.9 Å². The minimum Gasteiger partial charge on any atom is -0.269 e. The van der Waals surface area contributed by atoms with Gasteiger partial charge in [0, 0.05) is 48.4 Å². The maximum atomic E-state index is 13.8. The van der Waals surface area contributed by atoms with Gasteiger partial charge in [0.1, 0.15) is 11.6 Å². The molecule has 2 aliphatic heterocycles. The molecule has 4 heterocycles. The number of nitrogens with zero attached hydrogens (tertiary/aromatic N) is 6. The van der Waals surface area contributed by atoms with Crippen LogP contribution in [0.15, 0.2) is 107 Å². The van der Waals surface area contributed by atoms with Crippen LogP contribution in [0.3, 0.4) is 0 Å². The van der Waals surface area contributed by atoms with E-state index in [0.717, 1.165) is 29.8 Å². The van der Waals surface area contributed by atoms with Crippen LogP contribution in [0.25, 0.3) is 23.0 Å². The molecular weight excluding hydrogens is 588 g/mol. The molecule has 0 bridgehead atoms. The summed E-state index contributed by atoms with van der Waals surface area (Å²) < 4.78 is 29.7. The second-order valence-electron chi connectivity index (χ2n) is 10.9. The lowest BCUT2D eigenvalue weighted by atomic mass is 9.93. The normalized spacial score (nSPS) is 17.2. The van der Waals surface area contributed by atoms with Gasteiger partial charge in [-0.1, -0.05) is 42.8 Å². The molecule has 4 aromatic rings. The molecule has 2 aromatic heterocycles. The number of benzene rings is 2. The Morgan fingerprint density at radius 2 is 1.67 bits per heavy atom. The van der Waals surface area contributed by atoms with E-state index in [-0.39, 0.29) is 28.2 Å². The summed E-state index contributed by atoms with van der Waals surface area (Å²) in [5, 5.41) is 14.7. The highest BCUT2D eigenvalue weighted by atomic mass is 32.2. The number of hydrogen-bond acceptors (Lipinski definition) is 7. The minimum absolute atomic E-state index is 0.0373. The van der Waals surface area contributed by atoms with Crippen molar-refractivity contribution in [2.75, 3.05) is 13.1 Å². The van der Waals surface area contributed by atoms with Gasteiger partial charge < -0.3 is 0 Å². The topological polar surface area (TPSA) is 129 Å². The van der Waals surface area contributed by atoms with Gasteiger partial charge in [-0.3, -0.25) is 19.5 Å². The summed E-state index contributed by atoms with van der Waals surface area (Å²) in [6.45, 7) is 2.57. The summed E-state index contributed by atoms with van der Waals surface area (Å²) in [4.78, 5) is 32.3. The molecule has 0 saturated carbocycles. The fraction of sp³-hybridized carbons (Fsp3) is 0.206. The fourth-order valence-electron chi connectivity index (χ4n) is 5.57. The van der Waals surface area contributed by atoms with Crippen LogP contribution in [-0.2, 0) is 26.2 Å². The van der Waals surface area contributed by atoms with Crippen molar-refractivity contribution < 1.29 is 18.0 Å². The van der Waals surface area contributed by atoms with Crippen LogP contribution in [0.5, 0.6) is 0 Å². The first-order chi connectivity index (χ1) is 21.8. The van der Waals surface area contributed by atoms with Crippen LogP contribution < -0.4 is 0 Å². The van der Waals surface area contributed by atoms with Gasteiger partial charge in [-0.05, 0) is 67.3 Å². The Bertz CT molecular complexity index is 1970. The molecule has 0 atom stereocenters. The molecule has 0 spiro atoms. The molecule has 11 heteroatoms. The first kappa shape index (κ1) is 29.9. The van der Waals surface area contributed by atoms with Crippen LogP contribution in [0, 0.1) is 11.3 Å². The number of pyridine rings is 1. The van der Waals surface area contributed by atoms with E-state index in [1.165, 1.54) is 4.31 Å². The lowest BCUT2D eigenvalue weighted by molar-refractivity contribution is -0.141. The average Bonchev–Trinajstić information content (AvgIpc) is 3.50. The first-order valence-corrected chi connectivity index (χ1v) is 16.1. The highest BCUT2D eigenvalue weighted by molar-refractivity contribution is 7.89. The Kier molecular flexibility index (Phi) is 8.26. The van der Waals surface area contributed by atoms with Crippen molar-refractivity contribution in [1.82, 2.24) is 24.0 Å². The molecule has 6 rings (SSSR count). The van der Waals surface area contributed by atoms with Gasteiger partial charge in [0.15, 0.2) is 0 Å². The summed E-state index contributed by atoms with van der Waals surface area (Å²) in [6, 6.07) is 21.5. The number of imide groups is 1. The van der Waals surface area contributed by atoms with E-state index < -0.39 is 21.8 Å². The van der Waals surface area contributed by atoms with Crippen molar-refractivity contribution in [2.45, 2.75) is 37.6 Å². The quantitative estimate of drug-likeness (QED) is 0.213. The lowest BCUT2D eigenvalue weighted by Gasteiger charge is -2.27. The molecular formula is C34H30N6O4S. The standard InChI is InChI=1S/C34H30N6O4S/c1-24-30(33(41)39(34(42)31(24)20-35)22-25-9-8-16-36-21-25)19-27-23-40(28-10-4-2-5-11-28)37-32(27)26-12-14-29(15-13-26)45(43,44)38-17-6-3-7-18-38/h2,4-5,8-16,19,21,23H,3,6-7,17-18,22H2,1H3/b30-19+. The summed E-state index contributed by atoms with van der Waals surface area (Å²) in [6.07, 6.45) is 9.28. The first-order valence-electron chi connectivity index (χ1n) is 14.6. The molecule has 0 radical (unpaired) electrons. The smallest absolute Gasteiger partial charge is 0.269 e. The van der Waals surface area contributed by atoms with Crippen molar-refractivity contribution in [3.05, 3.63) is 113 Å². The molecule has 2 aromatic carbocycles. The Labute approximate surface area is 261 Å². The number of aromatic nitrogens is 3. The molecule has 2 aliphatic rings. The minimum atomic E-state index is -3.62. The number of piperidine rings is 1. The van der Waals surface area contributed by atoms with Gasteiger partial charge >= 0.3 is 0 Å². The van der Waals surface area contributed by atoms with Crippen molar-refractivity contribution in [1.29, 1.82) is 5.26 Å². The Balaban J connectivity index is 1.43. The number of carbonyl (C=O) groups excluding carboxylic acids is 2. The molecule has 2 amide bonds. The molecule has 10 nitrogen and oxygen atoms in total. The van der Waals surface area contributed by atoms with Crippen LogP contribution in [0.4, 0.5) is 0 Å². The van der Waals surface area contributed by atoms with E-state index >= 15 is 0 Å². The van der Waals surface area contributed by atoms with Gasteiger partial charge in [0.2, 0.25) is 10.0 Å². The van der Waals surface area contributed by atoms with Gasteiger partial charge in [-0.15, -0.1) is 0 Å². The second-order valence-corrected chi connectivity index (χ2v) is 12.9. The largest absolute Gasteiger partial charge is 0.271 e. The van der Waals surface area contributed by atoms with E-state index in [1.807, 2.05) is 36.4 Å². The summed E-state index contributed by atoms with van der Waals surface area (Å²) >= 11 is 0. The third-order valence-corrected chi connectivity index (χ3v) is 9.95. The Hall–Kier alpha value is -5.18. The zero-order chi connectivity index (χ0) is 31.6. The van der Waals surface area contributed by atoms with E-state index in [0.29, 0.717) is 35.5 Å². The van der Waals surface area contributed by atoms with Crippen LogP contribution >= 0.6 is 0 Å². The second kappa shape index (κ2) is 12.4. The number of para-hydroxylation sites is 1. The van der Waals surface area contributed by atoms with Crippen LogP contribution in [0.1, 0.15) is 37.3 Å². The maximum absolute atomic E-state index is 13.8. The van der Waals surface area contributed by atoms with E-state index in [9.17, 15) is 23.3 Å². The summed E-state index contributed by atoms with van der Waals surface area (Å²) in [5.41, 5.74) is 3.47. The highest BCUT2D eigenvalue weighted by Crippen LogP contribution is 2.32. The molecule has 45 heavy (non-hydrogen) atoms. The Morgan fingerprint density at radius 3 is 2.33 bits per heavy atom. The number of nitriles is 1. The predicted molar refractivity (Wildman–Crippen MR) is 168 cm³/mol. The van der Waals surface area contributed by atoms with Crippen LogP contribution in [-0.4, -0.2) is 57.3 Å². The zero-order valence-electron chi connectivity index (χ0n) is 24.6. The van der Waals surface area contributed by atoms with Crippen molar-refractivity contribution in [3.8, 4) is 23.0 Å². The van der Waals surface area contributed by atoms with E-state index in [1.54, 1.807) is 72.7 Å². The molecule has 1 saturated heterocycles. The molecule has 0 aliphatic carbocycles. The lowest BCUT2D eigenvalue weighted by Crippen LogP contribution is -2.42. The molecule has 226 valence electrons. The summed E-state index contributed by atoms with van der Waals surface area (Å²) in [7, 11) is -3.62. The number of rotatable bonds is 7. The molecule has 0 unspecified atom stereocenters. The van der Waals surface area contributed by atoms with Gasteiger partial charge in [0.05, 0.1) is 22.8 Å². The fourth-order valence-corrected chi connectivity index (χ4v) is 7.09. The predicted octanol–water partition coefficient (Wildman–Crippen LogP) is 4.90. The number of amides is 2. The highest BCUT2D eigenvalue weighted by Gasteiger charge is 2.36. The number of carbonyl (C=O) groups is 2. The SMILES string of the molecule is CC1=C(C#N)C(=O)N(Cc2cccnc2)C(=O)/C1=C/c1cn(-c2ccccc2)nc1-c1ccc(S(=O)(=O)N2CCCCC2)cc1. The monoisotopic (exact) mass is 618 g/mol. The van der Waals surface area contributed by atoms with Gasteiger partial charge in [-0.2, -0.15) is 14.7 Å². The third kappa shape index (κ3) is 5.85. The van der Waals surface area contributed by atoms with Gasteiger partial charge in [-0.25, -0.2) is 13.1 Å². The average molecular weight is 619 g/mol. The third-order valence-electron chi connectivity index (χ3n) is 8.03. The number of sulfonamides is 1. The number of hydrogen-bond donors (Lipinski definition) is 0. The molecule has 1 fully saturated rings. The zero-order valence-corrected chi connectivity index (χ0v) is 25.4. The van der Waals surface area contributed by atoms with E-state index in [2.05, 4.69) is 4.98 Å². The summed E-state index contributed by atoms with van der Waals surface area (Å²) in [5.74, 6) is -1.20. The maximum Gasteiger partial charge on any atom is 0.271 e.